The van der Waals surface area contributed by atoms with Gasteiger partial charge in [0.15, 0.2) is 0 Å². The van der Waals surface area contributed by atoms with Crippen molar-refractivity contribution >= 4 is 0 Å². The van der Waals surface area contributed by atoms with Gasteiger partial charge in [-0.2, -0.15) is 0 Å². The van der Waals surface area contributed by atoms with E-state index in [-0.39, 0.29) is 0 Å². The fourth-order valence-electron chi connectivity index (χ4n) is 1.84. The highest BCUT2D eigenvalue weighted by Crippen LogP contribution is 2.08. The maximum atomic E-state index is 6.23. The molecule has 0 fully saturated rings. The van der Waals surface area contributed by atoms with Gasteiger partial charge >= 0.3 is 0 Å². The molecule has 0 heterocycles. The molecule has 2 unspecified atom stereocenters. The van der Waals surface area contributed by atoms with Crippen molar-refractivity contribution in [1.82, 2.24) is 4.90 Å². The van der Waals surface area contributed by atoms with Crippen LogP contribution in [0.3, 0.4) is 0 Å². The zero-order chi connectivity index (χ0) is 12.4. The molecular formula is C14H32N2. The Bertz CT molecular complexity index is 140. The second-order valence-corrected chi connectivity index (χ2v) is 5.06. The molecule has 16 heavy (non-hydrogen) atoms. The summed E-state index contributed by atoms with van der Waals surface area (Å²) in [6.45, 7) is 12.5. The van der Waals surface area contributed by atoms with Crippen molar-refractivity contribution in [3.05, 3.63) is 0 Å². The molecule has 0 saturated carbocycles. The Balaban J connectivity index is 3.96. The number of rotatable bonds is 10. The van der Waals surface area contributed by atoms with Crippen LogP contribution in [-0.2, 0) is 0 Å². The van der Waals surface area contributed by atoms with Crippen LogP contribution in [0.5, 0.6) is 0 Å². The normalized spacial score (nSPS) is 15.4. The standard InChI is InChI=1S/C14H32N2/c1-5-8-10-16(11-9-6-2)12-14(15)13(4)7-3/h13-14H,5-12,15H2,1-4H3. The number of nitrogens with zero attached hydrogens (tertiary/aromatic N) is 1. The summed E-state index contributed by atoms with van der Waals surface area (Å²) < 4.78 is 0. The molecule has 0 bridgehead atoms. The van der Waals surface area contributed by atoms with E-state index in [1.807, 2.05) is 0 Å². The number of hydrogen-bond donors (Lipinski definition) is 1. The Morgan fingerprint density at radius 3 is 1.88 bits per heavy atom. The Kier molecular flexibility index (Phi) is 10.0. The van der Waals surface area contributed by atoms with Gasteiger partial charge in [0.2, 0.25) is 0 Å². The predicted molar refractivity (Wildman–Crippen MR) is 73.7 cm³/mol. The Labute approximate surface area is 103 Å². The summed E-state index contributed by atoms with van der Waals surface area (Å²) in [5.74, 6) is 0.644. The van der Waals surface area contributed by atoms with E-state index in [9.17, 15) is 0 Å². The number of hydrogen-bond acceptors (Lipinski definition) is 2. The van der Waals surface area contributed by atoms with Gasteiger partial charge in [-0.25, -0.2) is 0 Å². The van der Waals surface area contributed by atoms with E-state index in [1.165, 1.54) is 45.2 Å². The average Bonchev–Trinajstić information content (AvgIpc) is 2.31. The third-order valence-corrected chi connectivity index (χ3v) is 3.50. The van der Waals surface area contributed by atoms with Gasteiger partial charge in [0, 0.05) is 12.6 Å². The van der Waals surface area contributed by atoms with Gasteiger partial charge in [-0.1, -0.05) is 47.0 Å². The SMILES string of the molecule is CCCCN(CCCC)CC(N)C(C)CC. The molecule has 98 valence electrons. The molecule has 2 atom stereocenters. The molecule has 0 aliphatic carbocycles. The molecule has 0 saturated heterocycles. The summed E-state index contributed by atoms with van der Waals surface area (Å²) in [5.41, 5.74) is 6.23. The van der Waals surface area contributed by atoms with E-state index < -0.39 is 0 Å². The van der Waals surface area contributed by atoms with Crippen molar-refractivity contribution in [2.45, 2.75) is 65.8 Å². The van der Waals surface area contributed by atoms with E-state index in [2.05, 4.69) is 32.6 Å². The molecule has 0 aliphatic rings. The lowest BCUT2D eigenvalue weighted by molar-refractivity contribution is 0.226. The summed E-state index contributed by atoms with van der Waals surface area (Å²) in [6, 6.07) is 0.346. The molecular weight excluding hydrogens is 196 g/mol. The fraction of sp³-hybridized carbons (Fsp3) is 1.00. The summed E-state index contributed by atoms with van der Waals surface area (Å²) in [7, 11) is 0. The van der Waals surface area contributed by atoms with Gasteiger partial charge in [-0.3, -0.25) is 0 Å². The van der Waals surface area contributed by atoms with Crippen LogP contribution < -0.4 is 5.73 Å². The molecule has 0 aromatic heterocycles. The third-order valence-electron chi connectivity index (χ3n) is 3.50. The van der Waals surface area contributed by atoms with Crippen LogP contribution in [0.25, 0.3) is 0 Å². The molecule has 0 aromatic carbocycles. The minimum Gasteiger partial charge on any atom is -0.326 e. The molecule has 2 nitrogen and oxygen atoms in total. The molecule has 0 amide bonds. The molecule has 0 rings (SSSR count). The lowest BCUT2D eigenvalue weighted by Gasteiger charge is -2.28. The van der Waals surface area contributed by atoms with Crippen LogP contribution >= 0.6 is 0 Å². The second kappa shape index (κ2) is 10.1. The first-order valence-electron chi connectivity index (χ1n) is 7.13. The molecule has 2 heteroatoms. The van der Waals surface area contributed by atoms with E-state index >= 15 is 0 Å². The molecule has 0 spiro atoms. The summed E-state index contributed by atoms with van der Waals surface area (Å²) in [6.07, 6.45) is 6.35. The quantitative estimate of drug-likeness (QED) is 0.622. The maximum Gasteiger partial charge on any atom is 0.0193 e. The van der Waals surface area contributed by atoms with Crippen LogP contribution in [0.4, 0.5) is 0 Å². The molecule has 0 aromatic rings. The van der Waals surface area contributed by atoms with Crippen LogP contribution in [0, 0.1) is 5.92 Å². The van der Waals surface area contributed by atoms with Crippen molar-refractivity contribution in [2.24, 2.45) is 11.7 Å². The average molecular weight is 228 g/mol. The maximum absolute atomic E-state index is 6.23. The number of nitrogens with two attached hydrogens (primary N) is 1. The first-order valence-corrected chi connectivity index (χ1v) is 7.13. The predicted octanol–water partition coefficient (Wildman–Crippen LogP) is 3.26. The lowest BCUT2D eigenvalue weighted by Crippen LogP contribution is -2.42. The van der Waals surface area contributed by atoms with Crippen LogP contribution in [-0.4, -0.2) is 30.6 Å². The topological polar surface area (TPSA) is 29.3 Å². The van der Waals surface area contributed by atoms with Gasteiger partial charge in [-0.15, -0.1) is 0 Å². The molecule has 0 aliphatic heterocycles. The van der Waals surface area contributed by atoms with E-state index in [0.29, 0.717) is 12.0 Å². The molecule has 0 radical (unpaired) electrons. The van der Waals surface area contributed by atoms with E-state index in [0.717, 1.165) is 6.54 Å². The highest BCUT2D eigenvalue weighted by Gasteiger charge is 2.14. The zero-order valence-electron chi connectivity index (χ0n) is 11.8. The highest BCUT2D eigenvalue weighted by molar-refractivity contribution is 4.73. The summed E-state index contributed by atoms with van der Waals surface area (Å²) in [4.78, 5) is 2.56. The monoisotopic (exact) mass is 228 g/mol. The lowest BCUT2D eigenvalue weighted by atomic mass is 9.99. The smallest absolute Gasteiger partial charge is 0.0193 e. The largest absolute Gasteiger partial charge is 0.326 e. The van der Waals surface area contributed by atoms with Crippen LogP contribution in [0.1, 0.15) is 59.8 Å². The van der Waals surface area contributed by atoms with Crippen LogP contribution in [0.15, 0.2) is 0 Å². The van der Waals surface area contributed by atoms with Crippen LogP contribution in [0.2, 0.25) is 0 Å². The van der Waals surface area contributed by atoms with Crippen molar-refractivity contribution in [3.8, 4) is 0 Å². The first-order chi connectivity index (χ1) is 7.65. The summed E-state index contributed by atoms with van der Waals surface area (Å²) >= 11 is 0. The van der Waals surface area contributed by atoms with E-state index in [1.54, 1.807) is 0 Å². The van der Waals surface area contributed by atoms with Crippen molar-refractivity contribution in [2.75, 3.05) is 19.6 Å². The number of unbranched alkanes of at least 4 members (excludes halogenated alkanes) is 2. The summed E-state index contributed by atoms with van der Waals surface area (Å²) in [5, 5.41) is 0. The van der Waals surface area contributed by atoms with Crippen molar-refractivity contribution in [3.63, 3.8) is 0 Å². The highest BCUT2D eigenvalue weighted by atomic mass is 15.1. The van der Waals surface area contributed by atoms with Gasteiger partial charge < -0.3 is 10.6 Å². The molecule has 2 N–H and O–H groups in total. The Hall–Kier alpha value is -0.0800. The Morgan fingerprint density at radius 2 is 1.50 bits per heavy atom. The van der Waals surface area contributed by atoms with Gasteiger partial charge in [-0.05, 0) is 31.8 Å². The minimum atomic E-state index is 0.346. The van der Waals surface area contributed by atoms with Gasteiger partial charge in [0.25, 0.3) is 0 Å². The van der Waals surface area contributed by atoms with Gasteiger partial charge in [0.05, 0.1) is 0 Å². The van der Waals surface area contributed by atoms with Crippen molar-refractivity contribution in [1.29, 1.82) is 0 Å². The first kappa shape index (κ1) is 15.9. The zero-order valence-corrected chi connectivity index (χ0v) is 11.8. The van der Waals surface area contributed by atoms with E-state index in [4.69, 9.17) is 5.73 Å². The third kappa shape index (κ3) is 7.24. The fourth-order valence-corrected chi connectivity index (χ4v) is 1.84. The Morgan fingerprint density at radius 1 is 1.00 bits per heavy atom. The minimum absolute atomic E-state index is 0.346. The second-order valence-electron chi connectivity index (χ2n) is 5.06. The van der Waals surface area contributed by atoms with Gasteiger partial charge in [0.1, 0.15) is 0 Å². The van der Waals surface area contributed by atoms with Crippen molar-refractivity contribution < 1.29 is 0 Å².